The van der Waals surface area contributed by atoms with Crippen LogP contribution in [0.2, 0.25) is 0 Å². The van der Waals surface area contributed by atoms with Gasteiger partial charge in [-0.3, -0.25) is 0 Å². The van der Waals surface area contributed by atoms with Crippen molar-refractivity contribution in [3.05, 3.63) is 155 Å². The number of hydrogen-bond acceptors (Lipinski definition) is 10. The normalized spacial score (nSPS) is 11.4. The van der Waals surface area contributed by atoms with Gasteiger partial charge in [-0.25, -0.2) is 0 Å². The van der Waals surface area contributed by atoms with Crippen molar-refractivity contribution in [3.8, 4) is 57.1 Å². The maximum absolute atomic E-state index is 13.2. The number of hydrogen-bond donors (Lipinski definition) is 2. The van der Waals surface area contributed by atoms with Crippen molar-refractivity contribution in [3.63, 3.8) is 0 Å². The summed E-state index contributed by atoms with van der Waals surface area (Å²) in [6, 6.07) is 36.3. The van der Waals surface area contributed by atoms with E-state index in [1.807, 2.05) is 48.5 Å². The van der Waals surface area contributed by atoms with Crippen LogP contribution in [0.3, 0.4) is 0 Å². The van der Waals surface area contributed by atoms with Crippen LogP contribution in [0.15, 0.2) is 121 Å². The van der Waals surface area contributed by atoms with Gasteiger partial charge in [0.25, 0.3) is 0 Å². The molecule has 0 amide bonds. The Labute approximate surface area is 327 Å². The predicted molar refractivity (Wildman–Crippen MR) is 214 cm³/mol. The summed E-state index contributed by atoms with van der Waals surface area (Å²) in [7, 11) is 12.3. The minimum absolute atomic E-state index is 0.378. The van der Waals surface area contributed by atoms with Crippen molar-refractivity contribution in [1.82, 2.24) is 0 Å². The maximum atomic E-state index is 13.2. The summed E-state index contributed by atoms with van der Waals surface area (Å²) in [6.07, 6.45) is 0. The quantitative estimate of drug-likeness (QED) is 0.1000. The average molecular weight is 759 g/mol. The van der Waals surface area contributed by atoms with Gasteiger partial charge < -0.3 is 48.1 Å². The van der Waals surface area contributed by atoms with E-state index in [-0.39, 0.29) is 0 Å². The molecule has 0 saturated heterocycles. The van der Waals surface area contributed by atoms with E-state index in [4.69, 9.17) is 37.9 Å². The van der Waals surface area contributed by atoms with Crippen LogP contribution in [-0.2, 0) is 11.2 Å². The zero-order valence-electron chi connectivity index (χ0n) is 32.7. The summed E-state index contributed by atoms with van der Waals surface area (Å²) in [4.78, 5) is 0. The lowest BCUT2D eigenvalue weighted by Gasteiger charge is -2.34. The van der Waals surface area contributed by atoms with Crippen molar-refractivity contribution >= 4 is 0 Å². The van der Waals surface area contributed by atoms with Crippen molar-refractivity contribution in [2.24, 2.45) is 0 Å². The van der Waals surface area contributed by atoms with E-state index >= 15 is 0 Å². The highest BCUT2D eigenvalue weighted by Crippen LogP contribution is 2.53. The van der Waals surface area contributed by atoms with Gasteiger partial charge in [-0.15, -0.1) is 0 Å². The third kappa shape index (κ3) is 6.56. The molecular formula is C46H46O10. The monoisotopic (exact) mass is 758 g/mol. The molecule has 0 aliphatic carbocycles. The van der Waals surface area contributed by atoms with E-state index in [0.29, 0.717) is 79.4 Å². The molecule has 290 valence electrons. The van der Waals surface area contributed by atoms with Gasteiger partial charge in [0.15, 0.2) is 11.2 Å². The topological polar surface area (TPSA) is 114 Å². The first-order chi connectivity index (χ1) is 27.2. The number of aliphatic hydroxyl groups is 2. The average Bonchev–Trinajstić information content (AvgIpc) is 3.27. The molecule has 0 radical (unpaired) electrons. The lowest BCUT2D eigenvalue weighted by Crippen LogP contribution is -2.31. The molecule has 6 aromatic rings. The second kappa shape index (κ2) is 16.6. The largest absolute Gasteiger partial charge is 0.496 e. The number of ether oxygens (including phenoxy) is 8. The molecule has 0 fully saturated rings. The third-order valence-corrected chi connectivity index (χ3v) is 10.1. The highest BCUT2D eigenvalue weighted by Gasteiger charge is 2.45. The summed E-state index contributed by atoms with van der Waals surface area (Å²) >= 11 is 0. The summed E-state index contributed by atoms with van der Waals surface area (Å²) in [5, 5.41) is 26.3. The van der Waals surface area contributed by atoms with Crippen LogP contribution in [0, 0.1) is 0 Å². The fourth-order valence-corrected chi connectivity index (χ4v) is 7.47. The molecule has 6 aromatic carbocycles. The first kappa shape index (κ1) is 39.3. The molecule has 10 nitrogen and oxygen atoms in total. The Hall–Kier alpha value is -6.36. The highest BCUT2D eigenvalue weighted by atomic mass is 16.5. The van der Waals surface area contributed by atoms with E-state index in [0.717, 1.165) is 11.1 Å². The van der Waals surface area contributed by atoms with Crippen LogP contribution in [-0.4, -0.2) is 67.1 Å². The first-order valence-corrected chi connectivity index (χ1v) is 17.7. The van der Waals surface area contributed by atoms with E-state index in [2.05, 4.69) is 0 Å². The first-order valence-electron chi connectivity index (χ1n) is 17.7. The number of benzene rings is 6. The molecule has 2 N–H and O–H groups in total. The van der Waals surface area contributed by atoms with Gasteiger partial charge in [-0.05, 0) is 70.8 Å². The Balaban J connectivity index is 1.52. The van der Waals surface area contributed by atoms with Crippen LogP contribution < -0.4 is 37.9 Å². The van der Waals surface area contributed by atoms with Gasteiger partial charge in [0.2, 0.25) is 0 Å². The predicted octanol–water partition coefficient (Wildman–Crippen LogP) is 7.99. The van der Waals surface area contributed by atoms with Gasteiger partial charge in [0.1, 0.15) is 46.0 Å². The Morgan fingerprint density at radius 3 is 0.625 bits per heavy atom. The highest BCUT2D eigenvalue weighted by molar-refractivity contribution is 5.70. The molecular weight excluding hydrogens is 712 g/mol. The molecule has 0 spiro atoms. The summed E-state index contributed by atoms with van der Waals surface area (Å²) in [5.41, 5.74) is 0.474. The van der Waals surface area contributed by atoms with E-state index in [1.54, 1.807) is 130 Å². The molecule has 0 unspecified atom stereocenters. The molecule has 0 aliphatic rings. The fourth-order valence-electron chi connectivity index (χ4n) is 7.47. The van der Waals surface area contributed by atoms with Crippen LogP contribution >= 0.6 is 0 Å². The SMILES string of the molecule is COc1cccc(OC)c1C(O)(c1ccc(-c2ccc(C(O)(c3c(OC)cccc3OC)c3c(OC)cccc3OC)cc2)cc1)c1c(OC)cccc1OC. The number of rotatable bonds is 15. The van der Waals surface area contributed by atoms with Crippen molar-refractivity contribution in [2.75, 3.05) is 56.9 Å². The fraction of sp³-hybridized carbons (Fsp3) is 0.217. The maximum Gasteiger partial charge on any atom is 0.154 e. The zero-order chi connectivity index (χ0) is 40.0. The van der Waals surface area contributed by atoms with Crippen LogP contribution in [0.4, 0.5) is 0 Å². The molecule has 56 heavy (non-hydrogen) atoms. The van der Waals surface area contributed by atoms with Crippen LogP contribution in [0.25, 0.3) is 11.1 Å². The lowest BCUT2D eigenvalue weighted by molar-refractivity contribution is 0.111. The molecule has 0 saturated carbocycles. The van der Waals surface area contributed by atoms with Crippen molar-refractivity contribution < 1.29 is 48.1 Å². The Bertz CT molecular complexity index is 1920. The molecule has 10 heteroatoms. The van der Waals surface area contributed by atoms with Crippen LogP contribution in [0.1, 0.15) is 33.4 Å². The molecule has 0 aliphatic heterocycles. The minimum Gasteiger partial charge on any atom is -0.496 e. The molecule has 0 atom stereocenters. The van der Waals surface area contributed by atoms with Gasteiger partial charge in [0.05, 0.1) is 79.1 Å². The second-order valence-corrected chi connectivity index (χ2v) is 12.7. The summed E-state index contributed by atoms with van der Waals surface area (Å²) in [5.74, 6) is 3.26. The van der Waals surface area contributed by atoms with Gasteiger partial charge in [-0.2, -0.15) is 0 Å². The van der Waals surface area contributed by atoms with Gasteiger partial charge in [-0.1, -0.05) is 72.8 Å². The standard InChI is InChI=1S/C46H46O10/c1-49-33-13-9-14-34(50-2)41(33)45(47,42-35(51-3)15-10-16-36(42)52-4)31-25-21-29(22-26-31)30-23-27-32(28-24-30)46(48,43-37(53-5)17-11-18-38(43)54-6)44-39(55-7)19-12-20-40(44)56-8/h9-28,47-48H,1-8H3. The molecule has 0 aromatic heterocycles. The summed E-state index contributed by atoms with van der Waals surface area (Å²) in [6.45, 7) is 0. The summed E-state index contributed by atoms with van der Waals surface area (Å²) < 4.78 is 46.4. The van der Waals surface area contributed by atoms with Crippen LogP contribution in [0.5, 0.6) is 46.0 Å². The smallest absolute Gasteiger partial charge is 0.154 e. The molecule has 6 rings (SSSR count). The minimum atomic E-state index is -1.86. The van der Waals surface area contributed by atoms with E-state index in [9.17, 15) is 10.2 Å². The van der Waals surface area contributed by atoms with Gasteiger partial charge >= 0.3 is 0 Å². The molecule has 0 heterocycles. The number of methoxy groups -OCH3 is 8. The van der Waals surface area contributed by atoms with Crippen molar-refractivity contribution in [1.29, 1.82) is 0 Å². The Morgan fingerprint density at radius 2 is 0.464 bits per heavy atom. The third-order valence-electron chi connectivity index (χ3n) is 10.1. The Morgan fingerprint density at radius 1 is 0.286 bits per heavy atom. The van der Waals surface area contributed by atoms with E-state index in [1.165, 1.54) is 0 Å². The van der Waals surface area contributed by atoms with Gasteiger partial charge in [0, 0.05) is 0 Å². The van der Waals surface area contributed by atoms with Crippen molar-refractivity contribution in [2.45, 2.75) is 11.2 Å². The molecule has 0 bridgehead atoms. The lowest BCUT2D eigenvalue weighted by atomic mass is 9.77. The zero-order valence-corrected chi connectivity index (χ0v) is 32.7. The Kier molecular flexibility index (Phi) is 11.6. The second-order valence-electron chi connectivity index (χ2n) is 12.7. The van der Waals surface area contributed by atoms with E-state index < -0.39 is 11.2 Å².